The standard InChI is InChI=1S/C24H28ClN7O2/c1-17-4-3-5-18(2)24(17)29-23(34)14-31-10-8-30(9-11-31)13-22(33)28-20-12-19(25)6-7-21(20)32-16-26-15-27-32/h3-7,12,15-16H,8-11,13-14H2,1-2H3,(H,28,33)(H,29,34). The molecule has 2 heterocycles. The Balaban J connectivity index is 1.26. The van der Waals surface area contributed by atoms with Gasteiger partial charge in [-0.05, 0) is 43.2 Å². The number of benzene rings is 2. The minimum absolute atomic E-state index is 0.0230. The number of aryl methyl sites for hydroxylation is 2. The van der Waals surface area contributed by atoms with Gasteiger partial charge in [0.05, 0.1) is 24.5 Å². The first-order valence-electron chi connectivity index (χ1n) is 11.1. The molecule has 0 spiro atoms. The number of nitrogens with one attached hydrogen (secondary N) is 2. The summed E-state index contributed by atoms with van der Waals surface area (Å²) in [5.41, 5.74) is 4.25. The fourth-order valence-corrected chi connectivity index (χ4v) is 4.20. The molecule has 1 saturated heterocycles. The van der Waals surface area contributed by atoms with Crippen molar-refractivity contribution in [2.24, 2.45) is 0 Å². The summed E-state index contributed by atoms with van der Waals surface area (Å²) in [5.74, 6) is -0.157. The van der Waals surface area contributed by atoms with Gasteiger partial charge in [-0.25, -0.2) is 9.67 Å². The van der Waals surface area contributed by atoms with E-state index >= 15 is 0 Å². The largest absolute Gasteiger partial charge is 0.324 e. The van der Waals surface area contributed by atoms with Crippen LogP contribution >= 0.6 is 11.6 Å². The third-order valence-electron chi connectivity index (χ3n) is 5.84. The van der Waals surface area contributed by atoms with Gasteiger partial charge in [0, 0.05) is 36.9 Å². The van der Waals surface area contributed by atoms with Gasteiger partial charge in [-0.3, -0.25) is 19.4 Å². The van der Waals surface area contributed by atoms with E-state index in [2.05, 4.69) is 30.5 Å². The van der Waals surface area contributed by atoms with Gasteiger partial charge in [0.25, 0.3) is 0 Å². The van der Waals surface area contributed by atoms with Crippen molar-refractivity contribution in [2.45, 2.75) is 13.8 Å². The maximum atomic E-state index is 12.7. The first-order chi connectivity index (χ1) is 16.4. The molecule has 9 nitrogen and oxygen atoms in total. The average molecular weight is 482 g/mol. The lowest BCUT2D eigenvalue weighted by atomic mass is 10.1. The van der Waals surface area contributed by atoms with Crippen molar-refractivity contribution < 1.29 is 9.59 Å². The lowest BCUT2D eigenvalue weighted by Crippen LogP contribution is -2.50. The summed E-state index contributed by atoms with van der Waals surface area (Å²) in [5, 5.41) is 10.6. The number of nitrogens with zero attached hydrogens (tertiary/aromatic N) is 5. The molecule has 2 amide bonds. The van der Waals surface area contributed by atoms with E-state index in [9.17, 15) is 9.59 Å². The highest BCUT2D eigenvalue weighted by molar-refractivity contribution is 6.31. The van der Waals surface area contributed by atoms with Crippen LogP contribution in [0.1, 0.15) is 11.1 Å². The fraction of sp³-hybridized carbons (Fsp3) is 0.333. The minimum Gasteiger partial charge on any atom is -0.324 e. The summed E-state index contributed by atoms with van der Waals surface area (Å²) in [4.78, 5) is 33.4. The summed E-state index contributed by atoms with van der Waals surface area (Å²) in [6.45, 7) is 7.41. The summed E-state index contributed by atoms with van der Waals surface area (Å²) >= 11 is 6.13. The number of halogens is 1. The van der Waals surface area contributed by atoms with Crippen molar-refractivity contribution in [1.82, 2.24) is 24.6 Å². The van der Waals surface area contributed by atoms with Crippen LogP contribution < -0.4 is 10.6 Å². The van der Waals surface area contributed by atoms with Gasteiger partial charge < -0.3 is 10.6 Å². The number of para-hydroxylation sites is 1. The predicted molar refractivity (Wildman–Crippen MR) is 132 cm³/mol. The smallest absolute Gasteiger partial charge is 0.238 e. The molecule has 3 aromatic rings. The van der Waals surface area contributed by atoms with Crippen LogP contribution in [0.5, 0.6) is 0 Å². The second-order valence-corrected chi connectivity index (χ2v) is 8.85. The van der Waals surface area contributed by atoms with Crippen LogP contribution in [-0.2, 0) is 9.59 Å². The molecule has 1 aliphatic rings. The van der Waals surface area contributed by atoms with E-state index in [0.29, 0.717) is 36.0 Å². The second-order valence-electron chi connectivity index (χ2n) is 8.42. The van der Waals surface area contributed by atoms with Crippen LogP contribution in [0.3, 0.4) is 0 Å². The summed E-state index contributed by atoms with van der Waals surface area (Å²) in [6, 6.07) is 11.2. The maximum absolute atomic E-state index is 12.7. The second kappa shape index (κ2) is 10.8. The van der Waals surface area contributed by atoms with E-state index < -0.39 is 0 Å². The normalized spacial score (nSPS) is 14.7. The van der Waals surface area contributed by atoms with Crippen LogP contribution in [0, 0.1) is 13.8 Å². The number of piperazine rings is 1. The maximum Gasteiger partial charge on any atom is 0.238 e. The zero-order chi connectivity index (χ0) is 24.1. The van der Waals surface area contributed by atoms with Crippen molar-refractivity contribution in [3.05, 3.63) is 65.2 Å². The number of aromatic nitrogens is 3. The molecule has 1 aromatic heterocycles. The van der Waals surface area contributed by atoms with Crippen molar-refractivity contribution in [3.8, 4) is 5.69 Å². The van der Waals surface area contributed by atoms with Crippen LogP contribution in [0.2, 0.25) is 5.02 Å². The zero-order valence-corrected chi connectivity index (χ0v) is 20.0. The molecule has 1 fully saturated rings. The third-order valence-corrected chi connectivity index (χ3v) is 6.08. The van der Waals surface area contributed by atoms with E-state index in [1.54, 1.807) is 29.2 Å². The number of hydrogen-bond acceptors (Lipinski definition) is 6. The lowest BCUT2D eigenvalue weighted by molar-refractivity contribution is -0.120. The molecule has 34 heavy (non-hydrogen) atoms. The first kappa shape index (κ1) is 23.9. The molecule has 0 bridgehead atoms. The van der Waals surface area contributed by atoms with Gasteiger partial charge in [-0.1, -0.05) is 29.8 Å². The molecule has 2 aromatic carbocycles. The molecule has 0 radical (unpaired) electrons. The van der Waals surface area contributed by atoms with Gasteiger partial charge in [-0.2, -0.15) is 5.10 Å². The van der Waals surface area contributed by atoms with Crippen LogP contribution in [0.15, 0.2) is 49.1 Å². The van der Waals surface area contributed by atoms with Gasteiger partial charge in [-0.15, -0.1) is 0 Å². The van der Waals surface area contributed by atoms with Crippen molar-refractivity contribution >= 4 is 34.8 Å². The molecule has 0 atom stereocenters. The van der Waals surface area contributed by atoms with E-state index in [-0.39, 0.29) is 18.4 Å². The monoisotopic (exact) mass is 481 g/mol. The molecule has 1 aliphatic heterocycles. The Labute approximate surface area is 203 Å². The third kappa shape index (κ3) is 5.99. The summed E-state index contributed by atoms with van der Waals surface area (Å²) in [7, 11) is 0. The Kier molecular flexibility index (Phi) is 7.56. The molecule has 0 saturated carbocycles. The highest BCUT2D eigenvalue weighted by Gasteiger charge is 2.21. The van der Waals surface area contributed by atoms with E-state index in [1.165, 1.54) is 6.33 Å². The Morgan fingerprint density at radius 2 is 1.56 bits per heavy atom. The van der Waals surface area contributed by atoms with Crippen LogP contribution in [0.25, 0.3) is 5.69 Å². The number of rotatable bonds is 7. The van der Waals surface area contributed by atoms with Gasteiger partial charge in [0.2, 0.25) is 11.8 Å². The van der Waals surface area contributed by atoms with E-state index in [4.69, 9.17) is 11.6 Å². The summed E-state index contributed by atoms with van der Waals surface area (Å²) in [6.07, 6.45) is 3.00. The molecule has 2 N–H and O–H groups in total. The highest BCUT2D eigenvalue weighted by atomic mass is 35.5. The van der Waals surface area contributed by atoms with Crippen LogP contribution in [0.4, 0.5) is 11.4 Å². The lowest BCUT2D eigenvalue weighted by Gasteiger charge is -2.33. The number of carbonyl (C=O) groups excluding carboxylic acids is 2. The Morgan fingerprint density at radius 3 is 2.15 bits per heavy atom. The van der Waals surface area contributed by atoms with Crippen LogP contribution in [-0.4, -0.2) is 75.6 Å². The van der Waals surface area contributed by atoms with E-state index in [0.717, 1.165) is 29.9 Å². The molecule has 10 heteroatoms. The predicted octanol–water partition coefficient (Wildman–Crippen LogP) is 2.73. The quantitative estimate of drug-likeness (QED) is 0.538. The first-order valence-corrected chi connectivity index (χ1v) is 11.5. The topological polar surface area (TPSA) is 95.4 Å². The number of amides is 2. The van der Waals surface area contributed by atoms with Gasteiger partial charge >= 0.3 is 0 Å². The zero-order valence-electron chi connectivity index (χ0n) is 19.3. The Bertz CT molecular complexity index is 1140. The van der Waals surface area contributed by atoms with Gasteiger partial charge in [0.15, 0.2) is 0 Å². The number of carbonyl (C=O) groups is 2. The molecule has 0 aliphatic carbocycles. The summed E-state index contributed by atoms with van der Waals surface area (Å²) < 4.78 is 1.58. The molecule has 4 rings (SSSR count). The Morgan fingerprint density at radius 1 is 0.941 bits per heavy atom. The fourth-order valence-electron chi connectivity index (χ4n) is 4.03. The minimum atomic E-state index is -0.134. The number of anilines is 2. The number of hydrogen-bond donors (Lipinski definition) is 2. The highest BCUT2D eigenvalue weighted by Crippen LogP contribution is 2.24. The van der Waals surface area contributed by atoms with Gasteiger partial charge in [0.1, 0.15) is 12.7 Å². The molecule has 178 valence electrons. The average Bonchev–Trinajstić information content (AvgIpc) is 3.32. The van der Waals surface area contributed by atoms with E-state index in [1.807, 2.05) is 32.0 Å². The molecular formula is C24H28ClN7O2. The Hall–Kier alpha value is -3.27. The van der Waals surface area contributed by atoms with Crippen molar-refractivity contribution in [1.29, 1.82) is 0 Å². The van der Waals surface area contributed by atoms with Crippen molar-refractivity contribution in [2.75, 3.05) is 49.9 Å². The SMILES string of the molecule is Cc1cccc(C)c1NC(=O)CN1CCN(CC(=O)Nc2cc(Cl)ccc2-n2cncn2)CC1. The molecule has 0 unspecified atom stereocenters. The van der Waals surface area contributed by atoms with Crippen molar-refractivity contribution in [3.63, 3.8) is 0 Å². The molecular weight excluding hydrogens is 454 g/mol.